The Labute approximate surface area is 150 Å². The number of rotatable bonds is 6. The fourth-order valence-electron chi connectivity index (χ4n) is 1.74. The lowest BCUT2D eigenvalue weighted by Gasteiger charge is -2.11. The van der Waals surface area contributed by atoms with Crippen molar-refractivity contribution in [2.75, 3.05) is 21.1 Å². The molecule has 2 aromatic rings. The van der Waals surface area contributed by atoms with E-state index in [9.17, 15) is 21.2 Å². The first-order valence-corrected chi connectivity index (χ1v) is 9.93. The summed E-state index contributed by atoms with van der Waals surface area (Å²) in [5.41, 5.74) is 1.08. The van der Waals surface area contributed by atoms with E-state index in [1.165, 1.54) is 38.5 Å². The zero-order valence-corrected chi connectivity index (χ0v) is 16.0. The second-order valence-electron chi connectivity index (χ2n) is 5.37. The largest absolute Gasteiger partial charge is 0.323 e. The molecule has 1 aromatic carbocycles. The maximum atomic E-state index is 13.1. The van der Waals surface area contributed by atoms with Crippen molar-refractivity contribution in [1.82, 2.24) is 22.9 Å². The summed E-state index contributed by atoms with van der Waals surface area (Å²) in [6.45, 7) is 1.65. The van der Waals surface area contributed by atoms with Crippen LogP contribution < -0.4 is 0 Å². The average Bonchev–Trinajstić information content (AvgIpc) is 3.05. The monoisotopic (exact) mass is 404 g/mol. The van der Waals surface area contributed by atoms with Crippen LogP contribution in [0, 0.1) is 12.7 Å². The molecule has 2 rings (SSSR count). The van der Waals surface area contributed by atoms with Crippen LogP contribution in [0.25, 0.3) is 0 Å². The van der Waals surface area contributed by atoms with Gasteiger partial charge in [0.25, 0.3) is 5.16 Å². The highest BCUT2D eigenvalue weighted by Gasteiger charge is 2.27. The van der Waals surface area contributed by atoms with Gasteiger partial charge in [0, 0.05) is 21.1 Å². The van der Waals surface area contributed by atoms with Crippen molar-refractivity contribution in [2.45, 2.75) is 12.1 Å². The molecule has 13 heteroatoms. The molecule has 1 heterocycles. The molecule has 0 spiro atoms. The average molecular weight is 404 g/mol. The van der Waals surface area contributed by atoms with Crippen molar-refractivity contribution in [1.29, 1.82) is 0 Å². The molecule has 0 atom stereocenters. The summed E-state index contributed by atoms with van der Waals surface area (Å²) in [5, 5.41) is 6.57. The number of aromatic nitrogens is 3. The summed E-state index contributed by atoms with van der Waals surface area (Å²) in [6.07, 6.45) is 2.02. The normalized spacial score (nSPS) is 12.8. The van der Waals surface area contributed by atoms with Gasteiger partial charge in [0.15, 0.2) is 0 Å². The van der Waals surface area contributed by atoms with Crippen molar-refractivity contribution < 1.29 is 21.2 Å². The minimum Gasteiger partial charge on any atom is -0.207 e. The van der Waals surface area contributed by atoms with Gasteiger partial charge in [-0.1, -0.05) is 6.07 Å². The third-order valence-electron chi connectivity index (χ3n) is 3.32. The van der Waals surface area contributed by atoms with Crippen LogP contribution in [0.3, 0.4) is 0 Å². The Kier molecular flexibility index (Phi) is 5.44. The number of hydrogen-bond donors (Lipinski definition) is 0. The number of hydrazone groups is 1. The van der Waals surface area contributed by atoms with Crippen LogP contribution in [-0.2, 0) is 20.2 Å². The lowest BCUT2D eigenvalue weighted by Crippen LogP contribution is -2.30. The molecule has 0 bridgehead atoms. The van der Waals surface area contributed by atoms with Gasteiger partial charge in [-0.25, -0.2) is 9.37 Å². The number of halogens is 1. The van der Waals surface area contributed by atoms with Crippen LogP contribution >= 0.6 is 0 Å². The van der Waals surface area contributed by atoms with E-state index in [0.717, 1.165) is 17.7 Å². The standard InChI is InChI=1S/C13H17FN6O4S2/c1-10-7-12(14)6-5-11(10)8-16-19(4)25(21,22)13-15-9-20(17-13)26(23,24)18(2)3/h5-9H,1-4H3/b16-8+. The highest BCUT2D eigenvalue weighted by atomic mass is 32.2. The number of benzene rings is 1. The maximum absolute atomic E-state index is 13.1. The van der Waals surface area contributed by atoms with E-state index in [1.807, 2.05) is 0 Å². The van der Waals surface area contributed by atoms with Crippen LogP contribution in [0.1, 0.15) is 11.1 Å². The molecule has 0 saturated carbocycles. The van der Waals surface area contributed by atoms with Crippen LogP contribution in [0.2, 0.25) is 0 Å². The van der Waals surface area contributed by atoms with Gasteiger partial charge in [0.2, 0.25) is 0 Å². The van der Waals surface area contributed by atoms with Gasteiger partial charge < -0.3 is 0 Å². The Morgan fingerprint density at radius 1 is 1.19 bits per heavy atom. The fraction of sp³-hybridized carbons (Fsp3) is 0.308. The Bertz CT molecular complexity index is 1050. The smallest absolute Gasteiger partial charge is 0.207 e. The van der Waals surface area contributed by atoms with E-state index in [-0.39, 0.29) is 0 Å². The predicted octanol–water partition coefficient (Wildman–Crippen LogP) is 0.0347. The van der Waals surface area contributed by atoms with Crippen molar-refractivity contribution in [3.63, 3.8) is 0 Å². The van der Waals surface area contributed by atoms with E-state index in [4.69, 9.17) is 0 Å². The zero-order chi connectivity index (χ0) is 19.7. The van der Waals surface area contributed by atoms with E-state index in [0.29, 0.717) is 19.6 Å². The Morgan fingerprint density at radius 2 is 1.85 bits per heavy atom. The summed E-state index contributed by atoms with van der Waals surface area (Å²) in [6, 6.07) is 3.95. The Morgan fingerprint density at radius 3 is 2.42 bits per heavy atom. The first-order valence-electron chi connectivity index (χ1n) is 7.10. The van der Waals surface area contributed by atoms with Crippen molar-refractivity contribution >= 4 is 26.4 Å². The third kappa shape index (κ3) is 3.89. The van der Waals surface area contributed by atoms with Crippen LogP contribution in [0.5, 0.6) is 0 Å². The quantitative estimate of drug-likeness (QED) is 0.495. The molecule has 0 aliphatic rings. The molecule has 0 aliphatic heterocycles. The van der Waals surface area contributed by atoms with E-state index < -0.39 is 31.2 Å². The number of hydrogen-bond acceptors (Lipinski definition) is 7. The molecule has 10 nitrogen and oxygen atoms in total. The van der Waals surface area contributed by atoms with Gasteiger partial charge in [-0.15, -0.1) is 9.19 Å². The minimum atomic E-state index is -4.26. The van der Waals surface area contributed by atoms with Gasteiger partial charge in [-0.05, 0) is 30.2 Å². The van der Waals surface area contributed by atoms with Crippen LogP contribution in [0.4, 0.5) is 4.39 Å². The van der Waals surface area contributed by atoms with E-state index in [2.05, 4.69) is 15.2 Å². The Balaban J connectivity index is 2.30. The predicted molar refractivity (Wildman–Crippen MR) is 91.7 cm³/mol. The number of aryl methyl sites for hydroxylation is 1. The Hall–Kier alpha value is -2.38. The molecule has 0 N–H and O–H groups in total. The first kappa shape index (κ1) is 19.9. The van der Waals surface area contributed by atoms with Gasteiger partial charge in [0.05, 0.1) is 6.21 Å². The molecule has 0 amide bonds. The molecule has 0 aliphatic carbocycles. The van der Waals surface area contributed by atoms with Crippen LogP contribution in [-0.4, -0.2) is 67.1 Å². The van der Waals surface area contributed by atoms with Gasteiger partial charge in [-0.2, -0.15) is 30.7 Å². The lowest BCUT2D eigenvalue weighted by molar-refractivity contribution is 0.481. The summed E-state index contributed by atoms with van der Waals surface area (Å²) in [5.74, 6) is -0.419. The molecule has 26 heavy (non-hydrogen) atoms. The highest BCUT2D eigenvalue weighted by Crippen LogP contribution is 2.12. The topological polar surface area (TPSA) is 118 Å². The SMILES string of the molecule is Cc1cc(F)ccc1/C=N/N(C)S(=O)(=O)c1ncn(S(=O)(=O)N(C)C)n1. The fourth-order valence-corrected chi connectivity index (χ4v) is 3.25. The molecular formula is C13H17FN6O4S2. The highest BCUT2D eigenvalue weighted by molar-refractivity contribution is 7.89. The van der Waals surface area contributed by atoms with Gasteiger partial charge >= 0.3 is 20.2 Å². The van der Waals surface area contributed by atoms with Crippen molar-refractivity contribution in [2.24, 2.45) is 5.10 Å². The van der Waals surface area contributed by atoms with E-state index in [1.54, 1.807) is 6.92 Å². The van der Waals surface area contributed by atoms with Crippen LogP contribution in [0.15, 0.2) is 34.8 Å². The van der Waals surface area contributed by atoms with Crippen molar-refractivity contribution in [3.05, 3.63) is 41.5 Å². The maximum Gasteiger partial charge on any atom is 0.323 e. The van der Waals surface area contributed by atoms with E-state index >= 15 is 0 Å². The summed E-state index contributed by atoms with van der Waals surface area (Å²) >= 11 is 0. The van der Waals surface area contributed by atoms with Crippen molar-refractivity contribution in [3.8, 4) is 0 Å². The third-order valence-corrected chi connectivity index (χ3v) is 6.33. The zero-order valence-electron chi connectivity index (χ0n) is 14.4. The van der Waals surface area contributed by atoms with Gasteiger partial charge in [-0.3, -0.25) is 0 Å². The molecular weight excluding hydrogens is 387 g/mol. The van der Waals surface area contributed by atoms with Gasteiger partial charge in [0.1, 0.15) is 12.1 Å². The molecule has 1 aromatic heterocycles. The lowest BCUT2D eigenvalue weighted by atomic mass is 10.1. The molecule has 0 radical (unpaired) electrons. The number of sulfonamides is 1. The second kappa shape index (κ2) is 7.09. The summed E-state index contributed by atoms with van der Waals surface area (Å²) in [4.78, 5) is 3.53. The molecule has 0 saturated heterocycles. The second-order valence-corrected chi connectivity index (χ2v) is 9.22. The minimum absolute atomic E-state index is 0.419. The molecule has 0 fully saturated rings. The summed E-state index contributed by atoms with van der Waals surface area (Å²) in [7, 11) is -4.56. The molecule has 0 unspecified atom stereocenters. The first-order chi connectivity index (χ1) is 12.0. The summed E-state index contributed by atoms with van der Waals surface area (Å²) < 4.78 is 63.7. The molecule has 142 valence electrons. The number of nitrogens with zero attached hydrogens (tertiary/aromatic N) is 6.